The SMILES string of the molecule is CCC(CNC(=O)c1csnn1)CC(=O)O. The normalized spacial score (nSPS) is 12.1. The fourth-order valence-corrected chi connectivity index (χ4v) is 1.64. The number of hydrogen-bond acceptors (Lipinski definition) is 5. The van der Waals surface area contributed by atoms with Crippen LogP contribution < -0.4 is 5.32 Å². The van der Waals surface area contributed by atoms with Crippen molar-refractivity contribution in [1.29, 1.82) is 0 Å². The highest BCUT2D eigenvalue weighted by molar-refractivity contribution is 7.03. The molecule has 2 N–H and O–H groups in total. The first-order chi connectivity index (χ1) is 7.63. The maximum Gasteiger partial charge on any atom is 0.303 e. The van der Waals surface area contributed by atoms with Crippen molar-refractivity contribution >= 4 is 23.4 Å². The summed E-state index contributed by atoms with van der Waals surface area (Å²) < 4.78 is 3.58. The minimum Gasteiger partial charge on any atom is -0.481 e. The first kappa shape index (κ1) is 12.6. The molecule has 0 fully saturated rings. The van der Waals surface area contributed by atoms with Gasteiger partial charge in [0.25, 0.3) is 5.91 Å². The van der Waals surface area contributed by atoms with Crippen LogP contribution in [0.4, 0.5) is 0 Å². The number of carboxylic acids is 1. The number of hydrogen-bond donors (Lipinski definition) is 2. The Morgan fingerprint density at radius 1 is 1.62 bits per heavy atom. The van der Waals surface area contributed by atoms with Crippen LogP contribution >= 0.6 is 11.5 Å². The molecule has 0 spiro atoms. The van der Waals surface area contributed by atoms with Crippen LogP contribution in [0.15, 0.2) is 5.38 Å². The number of amides is 1. The highest BCUT2D eigenvalue weighted by Crippen LogP contribution is 2.07. The lowest BCUT2D eigenvalue weighted by molar-refractivity contribution is -0.138. The molecule has 0 aliphatic rings. The van der Waals surface area contributed by atoms with Crippen molar-refractivity contribution in [1.82, 2.24) is 14.9 Å². The standard InChI is InChI=1S/C9H13N3O3S/c1-2-6(3-8(13)14)4-10-9(15)7-5-16-12-11-7/h5-6H,2-4H2,1H3,(H,10,15)(H,13,14). The van der Waals surface area contributed by atoms with Gasteiger partial charge in [0.15, 0.2) is 5.69 Å². The van der Waals surface area contributed by atoms with Gasteiger partial charge in [-0.2, -0.15) is 0 Å². The average molecular weight is 243 g/mol. The van der Waals surface area contributed by atoms with E-state index in [0.717, 1.165) is 11.5 Å². The summed E-state index contributed by atoms with van der Waals surface area (Å²) in [6.07, 6.45) is 0.772. The summed E-state index contributed by atoms with van der Waals surface area (Å²) in [6.45, 7) is 2.24. The number of carbonyl (C=O) groups excluding carboxylic acids is 1. The van der Waals surface area contributed by atoms with Gasteiger partial charge in [-0.3, -0.25) is 9.59 Å². The second-order valence-corrected chi connectivity index (χ2v) is 3.98. The van der Waals surface area contributed by atoms with Gasteiger partial charge in [-0.05, 0) is 17.5 Å². The van der Waals surface area contributed by atoms with E-state index in [1.54, 1.807) is 5.38 Å². The molecule has 88 valence electrons. The third-order valence-electron chi connectivity index (χ3n) is 2.18. The monoisotopic (exact) mass is 243 g/mol. The fourth-order valence-electron chi connectivity index (χ4n) is 1.20. The van der Waals surface area contributed by atoms with Crippen molar-refractivity contribution in [3.05, 3.63) is 11.1 Å². The molecule has 1 unspecified atom stereocenters. The van der Waals surface area contributed by atoms with E-state index < -0.39 is 5.97 Å². The van der Waals surface area contributed by atoms with Gasteiger partial charge in [-0.15, -0.1) is 5.10 Å². The Morgan fingerprint density at radius 2 is 2.38 bits per heavy atom. The number of rotatable bonds is 6. The molecule has 6 nitrogen and oxygen atoms in total. The van der Waals surface area contributed by atoms with Crippen LogP contribution in [0.3, 0.4) is 0 Å². The Kier molecular flexibility index (Phi) is 4.84. The number of carboxylic acid groups (broad SMARTS) is 1. The van der Waals surface area contributed by atoms with Crippen LogP contribution in [0.1, 0.15) is 30.3 Å². The van der Waals surface area contributed by atoms with E-state index in [-0.39, 0.29) is 23.9 Å². The molecular formula is C9H13N3O3S. The number of carbonyl (C=O) groups is 2. The van der Waals surface area contributed by atoms with Crippen LogP contribution in [-0.2, 0) is 4.79 Å². The molecule has 0 aliphatic heterocycles. The summed E-state index contributed by atoms with van der Waals surface area (Å²) in [4.78, 5) is 22.0. The molecule has 0 radical (unpaired) electrons. The van der Waals surface area contributed by atoms with E-state index >= 15 is 0 Å². The first-order valence-electron chi connectivity index (χ1n) is 4.90. The molecule has 0 aromatic carbocycles. The van der Waals surface area contributed by atoms with E-state index in [1.165, 1.54) is 0 Å². The quantitative estimate of drug-likeness (QED) is 0.769. The van der Waals surface area contributed by atoms with Crippen LogP contribution in [0.25, 0.3) is 0 Å². The molecule has 1 aromatic rings. The molecule has 0 saturated carbocycles. The topological polar surface area (TPSA) is 92.2 Å². The third-order valence-corrected chi connectivity index (χ3v) is 2.69. The van der Waals surface area contributed by atoms with Gasteiger partial charge in [-0.25, -0.2) is 0 Å². The van der Waals surface area contributed by atoms with E-state index in [9.17, 15) is 9.59 Å². The Hall–Kier alpha value is -1.50. The van der Waals surface area contributed by atoms with Crippen molar-refractivity contribution in [3.8, 4) is 0 Å². The third kappa shape index (κ3) is 3.93. The molecule has 1 atom stereocenters. The number of nitrogens with zero attached hydrogens (tertiary/aromatic N) is 2. The molecule has 0 bridgehead atoms. The van der Waals surface area contributed by atoms with Crippen molar-refractivity contribution < 1.29 is 14.7 Å². The van der Waals surface area contributed by atoms with Gasteiger partial charge in [-0.1, -0.05) is 17.8 Å². The van der Waals surface area contributed by atoms with Gasteiger partial charge in [0.2, 0.25) is 0 Å². The van der Waals surface area contributed by atoms with Gasteiger partial charge in [0.05, 0.1) is 0 Å². The zero-order valence-electron chi connectivity index (χ0n) is 8.84. The van der Waals surface area contributed by atoms with E-state index in [0.29, 0.717) is 13.0 Å². The minimum atomic E-state index is -0.851. The summed E-state index contributed by atoms with van der Waals surface area (Å²) in [5.74, 6) is -1.21. The van der Waals surface area contributed by atoms with Crippen LogP contribution in [0.5, 0.6) is 0 Å². The van der Waals surface area contributed by atoms with Gasteiger partial charge in [0, 0.05) is 18.3 Å². The van der Waals surface area contributed by atoms with Crippen LogP contribution in [-0.4, -0.2) is 33.1 Å². The highest BCUT2D eigenvalue weighted by atomic mass is 32.1. The predicted octanol–water partition coefficient (Wildman–Crippen LogP) is 0.769. The predicted molar refractivity (Wildman–Crippen MR) is 58.3 cm³/mol. The summed E-state index contributed by atoms with van der Waals surface area (Å²) in [6, 6.07) is 0. The molecule has 1 rings (SSSR count). The fraction of sp³-hybridized carbons (Fsp3) is 0.556. The molecule has 7 heteroatoms. The zero-order chi connectivity index (χ0) is 12.0. The summed E-state index contributed by atoms with van der Waals surface area (Å²) in [7, 11) is 0. The summed E-state index contributed by atoms with van der Waals surface area (Å²) >= 11 is 1.10. The highest BCUT2D eigenvalue weighted by Gasteiger charge is 2.14. The van der Waals surface area contributed by atoms with Crippen molar-refractivity contribution in [2.45, 2.75) is 19.8 Å². The number of aromatic nitrogens is 2. The smallest absolute Gasteiger partial charge is 0.303 e. The maximum atomic E-state index is 11.5. The summed E-state index contributed by atoms with van der Waals surface area (Å²) in [5.41, 5.74) is 0.273. The average Bonchev–Trinajstić information content (AvgIpc) is 2.76. The number of aliphatic carboxylic acids is 1. The van der Waals surface area contributed by atoms with Gasteiger partial charge < -0.3 is 10.4 Å². The lowest BCUT2D eigenvalue weighted by Gasteiger charge is -2.12. The Bertz CT molecular complexity index is 353. The Labute approximate surface area is 96.8 Å². The molecule has 1 amide bonds. The minimum absolute atomic E-state index is 0.0481. The Morgan fingerprint density at radius 3 is 2.88 bits per heavy atom. The molecule has 0 aliphatic carbocycles. The number of nitrogens with one attached hydrogen (secondary N) is 1. The van der Waals surface area contributed by atoms with Crippen molar-refractivity contribution in [2.24, 2.45) is 5.92 Å². The molecule has 0 saturated heterocycles. The lowest BCUT2D eigenvalue weighted by atomic mass is 10.0. The van der Waals surface area contributed by atoms with Crippen molar-refractivity contribution in [3.63, 3.8) is 0 Å². The van der Waals surface area contributed by atoms with Crippen LogP contribution in [0.2, 0.25) is 0 Å². The second kappa shape index (κ2) is 6.16. The maximum absolute atomic E-state index is 11.5. The van der Waals surface area contributed by atoms with Crippen molar-refractivity contribution in [2.75, 3.05) is 6.54 Å². The van der Waals surface area contributed by atoms with E-state index in [4.69, 9.17) is 5.11 Å². The van der Waals surface area contributed by atoms with E-state index in [1.807, 2.05) is 6.92 Å². The van der Waals surface area contributed by atoms with E-state index in [2.05, 4.69) is 14.9 Å². The van der Waals surface area contributed by atoms with Crippen LogP contribution in [0, 0.1) is 5.92 Å². The zero-order valence-corrected chi connectivity index (χ0v) is 9.66. The van der Waals surface area contributed by atoms with Gasteiger partial charge in [0.1, 0.15) is 0 Å². The lowest BCUT2D eigenvalue weighted by Crippen LogP contribution is -2.30. The Balaban J connectivity index is 2.38. The largest absolute Gasteiger partial charge is 0.481 e. The first-order valence-corrected chi connectivity index (χ1v) is 5.74. The van der Waals surface area contributed by atoms with Gasteiger partial charge >= 0.3 is 5.97 Å². The molecule has 1 heterocycles. The molecular weight excluding hydrogens is 230 g/mol. The molecule has 1 aromatic heterocycles. The summed E-state index contributed by atoms with van der Waals surface area (Å²) in [5, 5.41) is 16.4. The molecule has 16 heavy (non-hydrogen) atoms. The second-order valence-electron chi connectivity index (χ2n) is 3.37.